The number of fused-ring (bicyclic) bond motifs is 19. The maximum Gasteiger partial charge on any atom is 0.0620 e. The molecule has 143 heavy (non-hydrogen) atoms. The van der Waals surface area contributed by atoms with Crippen LogP contribution < -0.4 is 14.7 Å². The van der Waals surface area contributed by atoms with Gasteiger partial charge < -0.3 is 28.4 Å². The zero-order valence-electron chi connectivity index (χ0n) is 78.2. The first kappa shape index (κ1) is 84.8. The summed E-state index contributed by atoms with van der Waals surface area (Å²) >= 11 is 1.86. The monoisotopic (exact) mass is 1840 g/mol. The van der Waals surface area contributed by atoms with Gasteiger partial charge in [0.25, 0.3) is 0 Å². The van der Waals surface area contributed by atoms with Gasteiger partial charge in [0, 0.05) is 126 Å². The number of aromatic nitrogens is 3. The third-order valence-electron chi connectivity index (χ3n) is 28.3. The second-order valence-corrected chi connectivity index (χ2v) is 37.7. The van der Waals surface area contributed by atoms with Gasteiger partial charge in [0.2, 0.25) is 0 Å². The van der Waals surface area contributed by atoms with Gasteiger partial charge in [-0.25, -0.2) is 0 Å². The molecular formula is C136H92N6S. The van der Waals surface area contributed by atoms with E-state index in [0.717, 1.165) is 51.2 Å². The molecule has 4 heterocycles. The van der Waals surface area contributed by atoms with Crippen molar-refractivity contribution >= 4 is 191 Å². The molecule has 0 spiro atoms. The van der Waals surface area contributed by atoms with Gasteiger partial charge in [-0.2, -0.15) is 0 Å². The van der Waals surface area contributed by atoms with E-state index >= 15 is 0 Å². The number of benzene rings is 24. The van der Waals surface area contributed by atoms with Crippen LogP contribution in [0.25, 0.3) is 190 Å². The molecular weight excluding hydrogens is 1750 g/mol. The van der Waals surface area contributed by atoms with Crippen molar-refractivity contribution < 1.29 is 0 Å². The molecule has 0 aliphatic carbocycles. The standard InChI is InChI=1S/C46H30N2S.C46H32N2.C44H30N2/c1-3-14-31(15-4-1)32-16-11-19-34(30-32)48(41-25-13-27-44-46(41)38-21-8-10-26-43(38)49-44)39-24-12-22-36-35(39)28-29-42-45(36)37-20-7-9-23-40(37)47(42)33-17-5-2-6-18-33;1-4-12-33(13-5-1)35-20-26-39(27-21-35)47(38-16-8-3-9-17-38)41-30-24-37-25-31-43-42-18-10-11-19-45(42)48(46(43)44(37)32-41)40-28-22-36(23-29-40)34-14-6-2-7-15-34;1-3-11-31(12-4-1)33-19-24-37(25-20-33)45(36-15-5-2-6-16-36)39-27-22-34-23-28-41-40-17-9-10-18-43(40)46(44(41)42(34)30-39)38-26-21-32-13-7-8-14-35(32)29-38/h1-30H;1-32H;1-30H. The summed E-state index contributed by atoms with van der Waals surface area (Å²) in [6.45, 7) is 0. The molecule has 0 atom stereocenters. The second-order valence-electron chi connectivity index (χ2n) is 36.6. The highest BCUT2D eigenvalue weighted by Gasteiger charge is 2.27. The minimum atomic E-state index is 1.12. The molecule has 0 fully saturated rings. The van der Waals surface area contributed by atoms with Crippen LogP contribution in [0.4, 0.5) is 51.2 Å². The normalized spacial score (nSPS) is 11.5. The molecule has 0 unspecified atom stereocenters. The molecule has 0 bridgehead atoms. The lowest BCUT2D eigenvalue weighted by Crippen LogP contribution is -2.11. The lowest BCUT2D eigenvalue weighted by atomic mass is 9.99. The Kier molecular flexibility index (Phi) is 21.8. The third-order valence-corrected chi connectivity index (χ3v) is 29.4. The third kappa shape index (κ3) is 15.5. The SMILES string of the molecule is c1ccc(-c2ccc(N(c3ccccc3)c3ccc4ccc5c6ccccc6n(-c6ccc(-c7ccccc7)cc6)c5c4c3)cc2)cc1.c1ccc(-c2ccc(N(c3ccccc3)c3ccc4ccc5c6ccccc6n(-c6ccc7ccccc7c6)c5c4c3)cc2)cc1.c1ccc(-c2cccc(N(c3cccc4c3ccc3c4c4ccccc4n3-c3ccccc3)c3cccc4sc5ccccc5c34)c2)cc1. The molecule has 0 amide bonds. The van der Waals surface area contributed by atoms with E-state index in [1.54, 1.807) is 0 Å². The topological polar surface area (TPSA) is 24.5 Å². The van der Waals surface area contributed by atoms with Crippen LogP contribution in [0.1, 0.15) is 0 Å². The second kappa shape index (κ2) is 36.7. The molecule has 0 N–H and O–H groups in total. The van der Waals surface area contributed by atoms with Crippen molar-refractivity contribution in [2.24, 2.45) is 0 Å². The van der Waals surface area contributed by atoms with E-state index in [2.05, 4.69) is 587 Å². The predicted octanol–water partition coefficient (Wildman–Crippen LogP) is 38.4. The van der Waals surface area contributed by atoms with Crippen molar-refractivity contribution in [3.05, 3.63) is 558 Å². The van der Waals surface area contributed by atoms with Crippen molar-refractivity contribution in [2.75, 3.05) is 14.7 Å². The highest BCUT2D eigenvalue weighted by Crippen LogP contribution is 2.51. The quantitative estimate of drug-likeness (QED) is 0.0964. The lowest BCUT2D eigenvalue weighted by molar-refractivity contribution is 1.18. The highest BCUT2D eigenvalue weighted by atomic mass is 32.1. The Morgan fingerprint density at radius 2 is 0.497 bits per heavy atom. The van der Waals surface area contributed by atoms with Crippen molar-refractivity contribution in [3.8, 4) is 61.6 Å². The number of rotatable bonds is 16. The minimum Gasteiger partial charge on any atom is -0.310 e. The van der Waals surface area contributed by atoms with Crippen LogP contribution >= 0.6 is 11.3 Å². The fraction of sp³-hybridized carbons (Fsp3) is 0. The van der Waals surface area contributed by atoms with E-state index < -0.39 is 0 Å². The number of nitrogens with zero attached hydrogens (tertiary/aromatic N) is 6. The van der Waals surface area contributed by atoms with E-state index in [9.17, 15) is 0 Å². The maximum absolute atomic E-state index is 2.48. The molecule has 0 aliphatic heterocycles. The van der Waals surface area contributed by atoms with E-state index in [1.807, 2.05) is 11.3 Å². The molecule has 0 aliphatic rings. The summed E-state index contributed by atoms with van der Waals surface area (Å²) in [6, 6.07) is 202. The van der Waals surface area contributed by atoms with Crippen LogP contribution in [0, 0.1) is 0 Å². The fourth-order valence-corrected chi connectivity index (χ4v) is 22.8. The Hall–Kier alpha value is -18.7. The first-order chi connectivity index (χ1) is 71.0. The first-order valence-electron chi connectivity index (χ1n) is 48.9. The van der Waals surface area contributed by atoms with Gasteiger partial charge in [0.15, 0.2) is 0 Å². The Morgan fingerprint density at radius 3 is 1.05 bits per heavy atom. The van der Waals surface area contributed by atoms with Gasteiger partial charge in [-0.05, 0) is 241 Å². The smallest absolute Gasteiger partial charge is 0.0620 e. The zero-order chi connectivity index (χ0) is 94.6. The summed E-state index contributed by atoms with van der Waals surface area (Å²) in [4.78, 5) is 7.20. The molecule has 6 nitrogen and oxygen atoms in total. The van der Waals surface area contributed by atoms with Gasteiger partial charge in [-0.1, -0.05) is 388 Å². The van der Waals surface area contributed by atoms with Crippen molar-refractivity contribution in [1.82, 2.24) is 13.7 Å². The summed E-state index contributed by atoms with van der Waals surface area (Å²) in [5.41, 5.74) is 30.6. The lowest BCUT2D eigenvalue weighted by Gasteiger charge is -2.28. The Bertz CT molecular complexity index is 9620. The maximum atomic E-state index is 2.48. The molecule has 4 aromatic heterocycles. The molecule has 0 saturated carbocycles. The molecule has 0 saturated heterocycles. The number of hydrogen-bond acceptors (Lipinski definition) is 4. The van der Waals surface area contributed by atoms with Crippen LogP contribution in [-0.2, 0) is 0 Å². The summed E-state index contributed by atoms with van der Waals surface area (Å²) in [6.07, 6.45) is 0. The molecule has 672 valence electrons. The fourth-order valence-electron chi connectivity index (χ4n) is 21.7. The zero-order valence-corrected chi connectivity index (χ0v) is 79.0. The van der Waals surface area contributed by atoms with Gasteiger partial charge >= 0.3 is 0 Å². The number of hydrogen-bond donors (Lipinski definition) is 0. The van der Waals surface area contributed by atoms with Crippen LogP contribution in [-0.4, -0.2) is 13.7 Å². The van der Waals surface area contributed by atoms with Crippen LogP contribution in [0.3, 0.4) is 0 Å². The van der Waals surface area contributed by atoms with Gasteiger partial charge in [-0.15, -0.1) is 11.3 Å². The summed E-state index contributed by atoms with van der Waals surface area (Å²) in [7, 11) is 0. The molecule has 0 radical (unpaired) electrons. The summed E-state index contributed by atoms with van der Waals surface area (Å²) in [5.74, 6) is 0. The van der Waals surface area contributed by atoms with E-state index in [1.165, 1.54) is 190 Å². The first-order valence-corrected chi connectivity index (χ1v) is 49.7. The molecule has 7 heteroatoms. The molecule has 24 aromatic carbocycles. The Morgan fingerprint density at radius 1 is 0.147 bits per heavy atom. The Balaban J connectivity index is 0.000000110. The number of para-hydroxylation sites is 6. The number of thiophene rings is 1. The summed E-state index contributed by atoms with van der Waals surface area (Å²) < 4.78 is 9.88. The van der Waals surface area contributed by atoms with Crippen LogP contribution in [0.15, 0.2) is 558 Å². The van der Waals surface area contributed by atoms with Gasteiger partial charge in [-0.3, -0.25) is 0 Å². The minimum absolute atomic E-state index is 1.12. The average Bonchev–Trinajstić information content (AvgIpc) is 1.56. The van der Waals surface area contributed by atoms with E-state index in [0.29, 0.717) is 0 Å². The highest BCUT2D eigenvalue weighted by molar-refractivity contribution is 7.26. The van der Waals surface area contributed by atoms with Crippen LogP contribution in [0.5, 0.6) is 0 Å². The Labute approximate surface area is 833 Å². The van der Waals surface area contributed by atoms with E-state index in [-0.39, 0.29) is 0 Å². The van der Waals surface area contributed by atoms with Crippen molar-refractivity contribution in [2.45, 2.75) is 0 Å². The summed E-state index contributed by atoms with van der Waals surface area (Å²) in [5, 5.41) is 19.9. The van der Waals surface area contributed by atoms with Gasteiger partial charge in [0.05, 0.1) is 44.5 Å². The molecule has 28 aromatic rings. The van der Waals surface area contributed by atoms with Crippen molar-refractivity contribution in [1.29, 1.82) is 0 Å². The van der Waals surface area contributed by atoms with Crippen molar-refractivity contribution in [3.63, 3.8) is 0 Å². The average molecular weight is 1840 g/mol. The largest absolute Gasteiger partial charge is 0.310 e. The number of anilines is 9. The molecule has 28 rings (SSSR count). The van der Waals surface area contributed by atoms with Crippen LogP contribution in [0.2, 0.25) is 0 Å². The van der Waals surface area contributed by atoms with E-state index in [4.69, 9.17) is 0 Å². The van der Waals surface area contributed by atoms with Gasteiger partial charge in [0.1, 0.15) is 0 Å². The predicted molar refractivity (Wildman–Crippen MR) is 611 cm³/mol.